The molecule has 2 nitrogen and oxygen atoms in total. The number of nitrogens with zero attached hydrogens (tertiary/aromatic N) is 1. The van der Waals surface area contributed by atoms with E-state index in [0.717, 1.165) is 50.1 Å². The Labute approximate surface area is 331 Å². The van der Waals surface area contributed by atoms with Gasteiger partial charge in [0.15, 0.2) is 0 Å². The van der Waals surface area contributed by atoms with E-state index in [-0.39, 0.29) is 0 Å². The molecule has 0 bridgehead atoms. The van der Waals surface area contributed by atoms with E-state index < -0.39 is 5.41 Å². The molecule has 2 aliphatic carbocycles. The highest BCUT2D eigenvalue weighted by Gasteiger charge is 2.52. The van der Waals surface area contributed by atoms with Crippen LogP contribution in [0.2, 0.25) is 0 Å². The Hall–Kier alpha value is -7.42. The van der Waals surface area contributed by atoms with Gasteiger partial charge in [0.1, 0.15) is 11.2 Å². The molecule has 0 fully saturated rings. The van der Waals surface area contributed by atoms with Crippen LogP contribution in [-0.4, -0.2) is 0 Å². The number of anilines is 3. The Morgan fingerprint density at radius 3 is 1.68 bits per heavy atom. The van der Waals surface area contributed by atoms with E-state index in [1.54, 1.807) is 0 Å². The minimum absolute atomic E-state index is 0.429. The minimum Gasteiger partial charge on any atom is -0.455 e. The second kappa shape index (κ2) is 12.3. The van der Waals surface area contributed by atoms with E-state index in [1.165, 1.54) is 55.6 Å². The average molecular weight is 726 g/mol. The Kier molecular flexibility index (Phi) is 6.88. The van der Waals surface area contributed by atoms with Crippen LogP contribution < -0.4 is 4.90 Å². The highest BCUT2D eigenvalue weighted by molar-refractivity contribution is 6.09. The van der Waals surface area contributed by atoms with Crippen LogP contribution in [0, 0.1) is 0 Å². The molecular weight excluding hydrogens is 691 g/mol. The van der Waals surface area contributed by atoms with Crippen molar-refractivity contribution in [2.24, 2.45) is 0 Å². The smallest absolute Gasteiger partial charge is 0.143 e. The summed E-state index contributed by atoms with van der Waals surface area (Å²) >= 11 is 0. The van der Waals surface area contributed by atoms with Crippen LogP contribution in [-0.2, 0) is 5.41 Å². The molecule has 10 aromatic rings. The highest BCUT2D eigenvalue weighted by atomic mass is 16.3. The van der Waals surface area contributed by atoms with Crippen molar-refractivity contribution in [3.8, 4) is 44.5 Å². The molecule has 9 aromatic carbocycles. The predicted molar refractivity (Wildman–Crippen MR) is 236 cm³/mol. The molecule has 1 spiro atoms. The lowest BCUT2D eigenvalue weighted by Crippen LogP contribution is -2.26. The first-order valence-corrected chi connectivity index (χ1v) is 19.7. The van der Waals surface area contributed by atoms with E-state index in [2.05, 4.69) is 205 Å². The van der Waals surface area contributed by atoms with Crippen molar-refractivity contribution in [1.29, 1.82) is 0 Å². The molecular formula is C55H35NO. The van der Waals surface area contributed by atoms with Gasteiger partial charge in [-0.05, 0) is 92.0 Å². The van der Waals surface area contributed by atoms with Crippen LogP contribution in [0.25, 0.3) is 66.4 Å². The van der Waals surface area contributed by atoms with Crippen LogP contribution in [0.15, 0.2) is 217 Å². The fourth-order valence-corrected chi connectivity index (χ4v) is 9.96. The van der Waals surface area contributed by atoms with Crippen molar-refractivity contribution in [2.45, 2.75) is 5.41 Å². The molecule has 0 aliphatic heterocycles. The van der Waals surface area contributed by atoms with E-state index in [1.807, 2.05) is 12.1 Å². The van der Waals surface area contributed by atoms with Crippen LogP contribution in [0.1, 0.15) is 22.3 Å². The van der Waals surface area contributed by atoms with Gasteiger partial charge in [-0.15, -0.1) is 0 Å². The average Bonchev–Trinajstić information content (AvgIpc) is 3.92. The zero-order chi connectivity index (χ0) is 37.5. The number of fused-ring (bicyclic) bond motifs is 13. The minimum atomic E-state index is -0.429. The number of furan rings is 1. The van der Waals surface area contributed by atoms with E-state index in [9.17, 15) is 0 Å². The predicted octanol–water partition coefficient (Wildman–Crippen LogP) is 14.7. The lowest BCUT2D eigenvalue weighted by Gasteiger charge is -2.32. The van der Waals surface area contributed by atoms with Crippen molar-refractivity contribution in [1.82, 2.24) is 0 Å². The SMILES string of the molecule is c1ccc(-c2cccc(N(c3ccc(-c4cccc5c4oc4ccccc45)cc3)c3cccc4c3-c3ccccc3C43c4ccccc4-c4ccccc43)c2)cc1. The molecule has 0 amide bonds. The van der Waals surface area contributed by atoms with E-state index >= 15 is 0 Å². The summed E-state index contributed by atoms with van der Waals surface area (Å²) in [7, 11) is 0. The van der Waals surface area contributed by atoms with Crippen molar-refractivity contribution in [3.05, 3.63) is 235 Å². The van der Waals surface area contributed by atoms with Gasteiger partial charge < -0.3 is 9.32 Å². The molecule has 0 radical (unpaired) electrons. The van der Waals surface area contributed by atoms with Crippen molar-refractivity contribution < 1.29 is 4.42 Å². The molecule has 2 heteroatoms. The third-order valence-electron chi connectivity index (χ3n) is 12.3. The first-order valence-electron chi connectivity index (χ1n) is 19.7. The Morgan fingerprint density at radius 1 is 0.351 bits per heavy atom. The Morgan fingerprint density at radius 2 is 0.912 bits per heavy atom. The molecule has 0 saturated heterocycles. The van der Waals surface area contributed by atoms with Crippen LogP contribution >= 0.6 is 0 Å². The van der Waals surface area contributed by atoms with E-state index in [4.69, 9.17) is 4.42 Å². The Balaban J connectivity index is 1.09. The zero-order valence-corrected chi connectivity index (χ0v) is 31.1. The van der Waals surface area contributed by atoms with Gasteiger partial charge in [-0.25, -0.2) is 0 Å². The molecule has 0 saturated carbocycles. The van der Waals surface area contributed by atoms with Gasteiger partial charge in [-0.2, -0.15) is 0 Å². The summed E-state index contributed by atoms with van der Waals surface area (Å²) in [4.78, 5) is 2.46. The fourth-order valence-electron chi connectivity index (χ4n) is 9.96. The first-order chi connectivity index (χ1) is 28.3. The lowest BCUT2D eigenvalue weighted by atomic mass is 9.70. The fraction of sp³-hybridized carbons (Fsp3) is 0.0182. The summed E-state index contributed by atoms with van der Waals surface area (Å²) in [6, 6.07) is 77.4. The highest BCUT2D eigenvalue weighted by Crippen LogP contribution is 2.64. The monoisotopic (exact) mass is 725 g/mol. The first kappa shape index (κ1) is 31.9. The van der Waals surface area contributed by atoms with Gasteiger partial charge in [0.05, 0.1) is 11.1 Å². The number of hydrogen-bond donors (Lipinski definition) is 0. The normalized spacial score (nSPS) is 13.1. The van der Waals surface area contributed by atoms with Gasteiger partial charge in [-0.1, -0.05) is 176 Å². The second-order valence-electron chi connectivity index (χ2n) is 15.2. The summed E-state index contributed by atoms with van der Waals surface area (Å²) in [5.74, 6) is 0. The molecule has 2 aliphatic rings. The molecule has 0 N–H and O–H groups in total. The molecule has 1 aromatic heterocycles. The summed E-state index contributed by atoms with van der Waals surface area (Å²) < 4.78 is 6.48. The quantitative estimate of drug-likeness (QED) is 0.176. The van der Waals surface area contributed by atoms with E-state index in [0.29, 0.717) is 0 Å². The lowest BCUT2D eigenvalue weighted by molar-refractivity contribution is 0.670. The molecule has 266 valence electrons. The maximum absolute atomic E-state index is 6.48. The zero-order valence-electron chi connectivity index (χ0n) is 31.1. The molecule has 1 heterocycles. The second-order valence-corrected chi connectivity index (χ2v) is 15.2. The van der Waals surface area contributed by atoms with Gasteiger partial charge in [0.25, 0.3) is 0 Å². The summed E-state index contributed by atoms with van der Waals surface area (Å²) in [5.41, 5.74) is 19.8. The number of para-hydroxylation sites is 2. The van der Waals surface area contributed by atoms with Crippen molar-refractivity contribution in [3.63, 3.8) is 0 Å². The third kappa shape index (κ3) is 4.53. The largest absolute Gasteiger partial charge is 0.455 e. The molecule has 0 atom stereocenters. The van der Waals surface area contributed by atoms with Gasteiger partial charge >= 0.3 is 0 Å². The van der Waals surface area contributed by atoms with Crippen LogP contribution in [0.5, 0.6) is 0 Å². The maximum Gasteiger partial charge on any atom is 0.143 e. The molecule has 0 unspecified atom stereocenters. The number of benzene rings is 9. The standard InChI is InChI=1S/C55H35NO/c1-2-15-36(16-3-1)38-17-12-18-40(35-38)56(39-33-31-37(32-34-39)41-23-13-24-45-44-21-7-11-30-52(44)57-54(41)45)51-29-14-28-50-53(51)46-22-6-10-27-49(46)55(50)47-25-8-4-19-42(47)43-20-5-9-26-48(43)55/h1-35H. The van der Waals surface area contributed by atoms with Crippen molar-refractivity contribution in [2.75, 3.05) is 4.90 Å². The third-order valence-corrected chi connectivity index (χ3v) is 12.3. The summed E-state index contributed by atoms with van der Waals surface area (Å²) in [5, 5.41) is 2.27. The summed E-state index contributed by atoms with van der Waals surface area (Å²) in [6.45, 7) is 0. The number of hydrogen-bond acceptors (Lipinski definition) is 2. The summed E-state index contributed by atoms with van der Waals surface area (Å²) in [6.07, 6.45) is 0. The number of rotatable bonds is 5. The molecule has 12 rings (SSSR count). The topological polar surface area (TPSA) is 16.4 Å². The van der Waals surface area contributed by atoms with Gasteiger partial charge in [0, 0.05) is 33.3 Å². The Bertz CT molecular complexity index is 3140. The van der Waals surface area contributed by atoms with Crippen LogP contribution in [0.4, 0.5) is 17.1 Å². The molecule has 57 heavy (non-hydrogen) atoms. The van der Waals surface area contributed by atoms with Gasteiger partial charge in [-0.3, -0.25) is 0 Å². The van der Waals surface area contributed by atoms with Crippen molar-refractivity contribution >= 4 is 39.0 Å². The van der Waals surface area contributed by atoms with Gasteiger partial charge in [0.2, 0.25) is 0 Å². The maximum atomic E-state index is 6.48. The van der Waals surface area contributed by atoms with Crippen LogP contribution in [0.3, 0.4) is 0 Å².